The lowest BCUT2D eigenvalue weighted by Crippen LogP contribution is -2.45. The quantitative estimate of drug-likeness (QED) is 0.842. The zero-order valence-electron chi connectivity index (χ0n) is 14.0. The molecule has 1 amide bonds. The first-order chi connectivity index (χ1) is 11.5. The van der Waals surface area contributed by atoms with Gasteiger partial charge < -0.3 is 15.2 Å². The fraction of sp³-hybridized carbons (Fsp3) is 0.556. The first-order valence-corrected chi connectivity index (χ1v) is 8.36. The minimum Gasteiger partial charge on any atom is -0.481 e. The maximum absolute atomic E-state index is 12.2. The summed E-state index contributed by atoms with van der Waals surface area (Å²) in [5, 5.41) is 12.6. The van der Waals surface area contributed by atoms with E-state index in [1.807, 2.05) is 36.1 Å². The number of rotatable bonds is 5. The van der Waals surface area contributed by atoms with Gasteiger partial charge >= 0.3 is 5.97 Å². The number of carboxylic acid groups (broad SMARTS) is 1. The van der Waals surface area contributed by atoms with E-state index in [0.717, 1.165) is 11.1 Å². The molecule has 0 aliphatic carbocycles. The van der Waals surface area contributed by atoms with Gasteiger partial charge in [0.05, 0.1) is 18.6 Å². The number of aliphatic carboxylic acids is 1. The van der Waals surface area contributed by atoms with Crippen LogP contribution in [0.25, 0.3) is 0 Å². The Labute approximate surface area is 141 Å². The maximum atomic E-state index is 12.2. The maximum Gasteiger partial charge on any atom is 0.311 e. The average Bonchev–Trinajstić information content (AvgIpc) is 2.93. The highest BCUT2D eigenvalue weighted by Gasteiger charge is 2.53. The summed E-state index contributed by atoms with van der Waals surface area (Å²) in [6.07, 6.45) is 0.522. The highest BCUT2D eigenvalue weighted by atomic mass is 16.5. The summed E-state index contributed by atoms with van der Waals surface area (Å²) in [6, 6.07) is 7.94. The van der Waals surface area contributed by atoms with E-state index in [1.165, 1.54) is 0 Å². The number of hydrogen-bond donors (Lipinski definition) is 2. The monoisotopic (exact) mass is 332 g/mol. The van der Waals surface area contributed by atoms with Crippen molar-refractivity contribution in [3.8, 4) is 0 Å². The first-order valence-electron chi connectivity index (χ1n) is 8.36. The highest BCUT2D eigenvalue weighted by molar-refractivity contribution is 5.79. The summed E-state index contributed by atoms with van der Waals surface area (Å²) in [7, 11) is 0. The molecule has 2 atom stereocenters. The molecule has 0 saturated carbocycles. The molecule has 0 unspecified atom stereocenters. The number of aryl methyl sites for hydroxylation is 1. The summed E-state index contributed by atoms with van der Waals surface area (Å²) in [5.41, 5.74) is 1.48. The number of carboxylic acids is 1. The minimum atomic E-state index is -0.765. The van der Waals surface area contributed by atoms with E-state index in [9.17, 15) is 14.7 Å². The van der Waals surface area contributed by atoms with E-state index in [-0.39, 0.29) is 18.4 Å². The second-order valence-electron chi connectivity index (χ2n) is 6.86. The molecule has 2 heterocycles. The fourth-order valence-corrected chi connectivity index (χ4v) is 3.79. The lowest BCUT2D eigenvalue weighted by atomic mass is 9.74. The molecule has 3 rings (SSSR count). The van der Waals surface area contributed by atoms with Gasteiger partial charge in [-0.05, 0) is 24.5 Å². The normalized spacial score (nSPS) is 26.8. The Kier molecular flexibility index (Phi) is 4.87. The minimum absolute atomic E-state index is 0.0343. The second-order valence-corrected chi connectivity index (χ2v) is 6.86. The van der Waals surface area contributed by atoms with Crippen LogP contribution in [0.2, 0.25) is 0 Å². The largest absolute Gasteiger partial charge is 0.481 e. The van der Waals surface area contributed by atoms with Crippen molar-refractivity contribution in [1.29, 1.82) is 0 Å². The Bertz CT molecular complexity index is 633. The Morgan fingerprint density at radius 2 is 2.21 bits per heavy atom. The highest BCUT2D eigenvalue weighted by Crippen LogP contribution is 2.42. The number of hydrogen-bond acceptors (Lipinski definition) is 4. The van der Waals surface area contributed by atoms with Gasteiger partial charge in [0.2, 0.25) is 5.91 Å². The number of carbonyl (C=O) groups is 2. The van der Waals surface area contributed by atoms with E-state index < -0.39 is 11.4 Å². The van der Waals surface area contributed by atoms with Crippen LogP contribution in [-0.4, -0.2) is 54.7 Å². The summed E-state index contributed by atoms with van der Waals surface area (Å²) < 4.78 is 5.44. The van der Waals surface area contributed by atoms with Gasteiger partial charge in [-0.3, -0.25) is 14.5 Å². The molecule has 0 bridgehead atoms. The Morgan fingerprint density at radius 1 is 1.42 bits per heavy atom. The number of ether oxygens (including phenoxy) is 1. The van der Waals surface area contributed by atoms with Crippen LogP contribution in [0.15, 0.2) is 24.3 Å². The van der Waals surface area contributed by atoms with E-state index in [4.69, 9.17) is 4.74 Å². The van der Waals surface area contributed by atoms with Gasteiger partial charge in [-0.15, -0.1) is 0 Å². The van der Waals surface area contributed by atoms with Crippen molar-refractivity contribution in [3.05, 3.63) is 35.4 Å². The van der Waals surface area contributed by atoms with Crippen LogP contribution in [0, 0.1) is 18.3 Å². The Balaban J connectivity index is 1.56. The molecule has 0 spiro atoms. The van der Waals surface area contributed by atoms with Crippen LogP contribution in [-0.2, 0) is 20.9 Å². The van der Waals surface area contributed by atoms with E-state index in [0.29, 0.717) is 39.3 Å². The fourth-order valence-electron chi connectivity index (χ4n) is 3.79. The number of amides is 1. The van der Waals surface area contributed by atoms with E-state index in [1.54, 1.807) is 0 Å². The third kappa shape index (κ3) is 3.30. The molecule has 1 aromatic carbocycles. The molecule has 0 radical (unpaired) electrons. The van der Waals surface area contributed by atoms with Gasteiger partial charge in [0.15, 0.2) is 0 Å². The molecular weight excluding hydrogens is 308 g/mol. The Morgan fingerprint density at radius 3 is 2.92 bits per heavy atom. The van der Waals surface area contributed by atoms with Crippen LogP contribution in [0.1, 0.15) is 17.5 Å². The average molecular weight is 332 g/mol. The summed E-state index contributed by atoms with van der Waals surface area (Å²) >= 11 is 0. The third-order valence-corrected chi connectivity index (χ3v) is 5.31. The zero-order chi connectivity index (χ0) is 17.2. The summed E-state index contributed by atoms with van der Waals surface area (Å²) in [4.78, 5) is 25.9. The van der Waals surface area contributed by atoms with E-state index >= 15 is 0 Å². The number of fused-ring (bicyclic) bond motifs is 1. The van der Waals surface area contributed by atoms with Gasteiger partial charge in [0.25, 0.3) is 0 Å². The van der Waals surface area contributed by atoms with Crippen molar-refractivity contribution in [2.75, 3.05) is 32.8 Å². The standard InChI is InChI=1S/C18H24N2O4/c1-13-4-2-3-5-14(13)8-19-16(21)10-20-9-15-11-24-7-6-18(15,12-20)17(22)23/h2-5,15H,6-12H2,1H3,(H,19,21)(H,22,23)/t15-,18+/m1/s1. The molecule has 6 heteroatoms. The number of benzene rings is 1. The van der Waals surface area contributed by atoms with Gasteiger partial charge in [0.1, 0.15) is 0 Å². The van der Waals surface area contributed by atoms with Crippen LogP contribution in [0.3, 0.4) is 0 Å². The summed E-state index contributed by atoms with van der Waals surface area (Å²) in [6.45, 7) is 4.72. The number of carbonyl (C=O) groups excluding carboxylic acids is 1. The molecule has 2 aliphatic heterocycles. The van der Waals surface area contributed by atoms with Gasteiger partial charge in [-0.25, -0.2) is 0 Å². The number of nitrogens with zero attached hydrogens (tertiary/aromatic N) is 1. The smallest absolute Gasteiger partial charge is 0.311 e. The van der Waals surface area contributed by atoms with Gasteiger partial charge in [0, 0.05) is 32.2 Å². The first kappa shape index (κ1) is 16.9. The molecule has 2 aliphatic rings. The molecular formula is C18H24N2O4. The zero-order valence-corrected chi connectivity index (χ0v) is 14.0. The van der Waals surface area contributed by atoms with Crippen molar-refractivity contribution in [2.24, 2.45) is 11.3 Å². The topological polar surface area (TPSA) is 78.9 Å². The molecule has 2 saturated heterocycles. The van der Waals surface area contributed by atoms with Crippen LogP contribution in [0.5, 0.6) is 0 Å². The molecule has 1 aromatic rings. The van der Waals surface area contributed by atoms with Crippen molar-refractivity contribution in [1.82, 2.24) is 10.2 Å². The molecule has 6 nitrogen and oxygen atoms in total. The lowest BCUT2D eigenvalue weighted by Gasteiger charge is -2.34. The van der Waals surface area contributed by atoms with E-state index in [2.05, 4.69) is 5.32 Å². The molecule has 2 N–H and O–H groups in total. The third-order valence-electron chi connectivity index (χ3n) is 5.31. The number of likely N-dealkylation sites (tertiary alicyclic amines) is 1. The van der Waals surface area contributed by atoms with Crippen molar-refractivity contribution >= 4 is 11.9 Å². The lowest BCUT2D eigenvalue weighted by molar-refractivity contribution is -0.157. The van der Waals surface area contributed by atoms with Crippen LogP contribution < -0.4 is 5.32 Å². The molecule has 0 aromatic heterocycles. The van der Waals surface area contributed by atoms with Gasteiger partial charge in [-0.1, -0.05) is 24.3 Å². The van der Waals surface area contributed by atoms with Gasteiger partial charge in [-0.2, -0.15) is 0 Å². The predicted octanol–water partition coefficient (Wildman–Crippen LogP) is 1.03. The number of nitrogens with one attached hydrogen (secondary N) is 1. The molecule has 130 valence electrons. The van der Waals surface area contributed by atoms with Crippen molar-refractivity contribution < 1.29 is 19.4 Å². The van der Waals surface area contributed by atoms with Crippen LogP contribution in [0.4, 0.5) is 0 Å². The Hall–Kier alpha value is -1.92. The van der Waals surface area contributed by atoms with Crippen molar-refractivity contribution in [2.45, 2.75) is 19.9 Å². The summed E-state index contributed by atoms with van der Waals surface area (Å²) in [5.74, 6) is -0.870. The SMILES string of the molecule is Cc1ccccc1CNC(=O)CN1C[C@@H]2COCC[C@]2(C(=O)O)C1. The van der Waals surface area contributed by atoms with Crippen molar-refractivity contribution in [3.63, 3.8) is 0 Å². The second kappa shape index (κ2) is 6.91. The van der Waals surface area contributed by atoms with Crippen LogP contribution >= 0.6 is 0 Å². The molecule has 24 heavy (non-hydrogen) atoms. The molecule has 2 fully saturated rings. The predicted molar refractivity (Wildman–Crippen MR) is 88.5 cm³/mol.